The average Bonchev–Trinajstić information content (AvgIpc) is 3.02. The van der Waals surface area contributed by atoms with Gasteiger partial charge in [-0.1, -0.05) is 23.2 Å². The molecule has 0 saturated carbocycles. The number of nitrogens with zero attached hydrogens (tertiary/aromatic N) is 5. The quantitative estimate of drug-likeness (QED) is 0.671. The van der Waals surface area contributed by atoms with Crippen LogP contribution in [0.1, 0.15) is 5.82 Å². The van der Waals surface area contributed by atoms with Gasteiger partial charge in [0.2, 0.25) is 10.0 Å². The Morgan fingerprint density at radius 1 is 1.07 bits per heavy atom. The molecular weight excluding hydrogens is 432 g/mol. The normalized spacial score (nSPS) is 12.4. The fourth-order valence-corrected chi connectivity index (χ4v) is 2.66. The van der Waals surface area contributed by atoms with Gasteiger partial charge in [-0.15, -0.1) is 5.10 Å². The second-order valence-electron chi connectivity index (χ2n) is 5.06. The van der Waals surface area contributed by atoms with Gasteiger partial charge >= 0.3 is 6.18 Å². The smallest absolute Gasteiger partial charge is 0.225 e. The number of hydrogen-bond acceptors (Lipinski definition) is 6. The molecule has 0 aliphatic heterocycles. The number of aromatic nitrogens is 5. The van der Waals surface area contributed by atoms with Gasteiger partial charge in [0.1, 0.15) is 4.90 Å². The molecule has 8 nitrogen and oxygen atoms in total. The first-order valence-corrected chi connectivity index (χ1v) is 9.12. The van der Waals surface area contributed by atoms with Crippen molar-refractivity contribution >= 4 is 33.2 Å². The van der Waals surface area contributed by atoms with Crippen molar-refractivity contribution in [2.24, 2.45) is 5.14 Å². The van der Waals surface area contributed by atoms with Gasteiger partial charge in [-0.3, -0.25) is 0 Å². The van der Waals surface area contributed by atoms with Gasteiger partial charge in [0, 0.05) is 5.56 Å². The lowest BCUT2D eigenvalue weighted by atomic mass is 10.2. The second-order valence-corrected chi connectivity index (χ2v) is 7.44. The van der Waals surface area contributed by atoms with Crippen LogP contribution in [0.5, 0.6) is 0 Å². The highest BCUT2D eigenvalue weighted by Gasteiger charge is 2.38. The van der Waals surface area contributed by atoms with Gasteiger partial charge in [0.15, 0.2) is 5.82 Å². The molecule has 3 rings (SSSR count). The highest BCUT2D eigenvalue weighted by Crippen LogP contribution is 2.32. The minimum absolute atomic E-state index is 0.0859. The fourth-order valence-electron chi connectivity index (χ4n) is 1.96. The van der Waals surface area contributed by atoms with Gasteiger partial charge in [-0.2, -0.15) is 17.9 Å². The van der Waals surface area contributed by atoms with E-state index >= 15 is 0 Å². The zero-order valence-corrected chi connectivity index (χ0v) is 15.1. The highest BCUT2D eigenvalue weighted by molar-refractivity contribution is 7.89. The summed E-state index contributed by atoms with van der Waals surface area (Å²) >= 11 is 11.7. The molecule has 2 heterocycles. The molecule has 27 heavy (non-hydrogen) atoms. The van der Waals surface area contributed by atoms with E-state index in [1.807, 2.05) is 0 Å². The Hall–Kier alpha value is -2.28. The lowest BCUT2D eigenvalue weighted by molar-refractivity contribution is -0.144. The maximum absolute atomic E-state index is 13.1. The van der Waals surface area contributed by atoms with Crippen molar-refractivity contribution in [1.82, 2.24) is 24.7 Å². The number of rotatable bonds is 3. The average molecular weight is 439 g/mol. The van der Waals surface area contributed by atoms with E-state index < -0.39 is 26.9 Å². The van der Waals surface area contributed by atoms with Crippen molar-refractivity contribution in [2.75, 3.05) is 0 Å². The molecule has 3 aromatic rings. The SMILES string of the molecule is NS(=O)(=O)c1cnc(-n2nc(C(F)(F)F)nc2-c2ccc(Cl)c(Cl)c2)nc1. The Balaban J connectivity index is 2.19. The molecule has 142 valence electrons. The minimum atomic E-state index is -4.84. The monoisotopic (exact) mass is 438 g/mol. The summed E-state index contributed by atoms with van der Waals surface area (Å²) in [6, 6.07) is 4.05. The van der Waals surface area contributed by atoms with E-state index in [2.05, 4.69) is 20.1 Å². The molecule has 0 unspecified atom stereocenters. The van der Waals surface area contributed by atoms with Crippen LogP contribution < -0.4 is 5.14 Å². The second kappa shape index (κ2) is 6.71. The molecule has 0 aliphatic rings. The Kier molecular flexibility index (Phi) is 4.84. The van der Waals surface area contributed by atoms with Crippen LogP contribution in [-0.4, -0.2) is 33.2 Å². The molecule has 0 fully saturated rings. The Morgan fingerprint density at radius 2 is 1.70 bits per heavy atom. The molecule has 0 aliphatic carbocycles. The van der Waals surface area contributed by atoms with E-state index in [0.29, 0.717) is 4.68 Å². The zero-order valence-electron chi connectivity index (χ0n) is 12.8. The third kappa shape index (κ3) is 4.03. The summed E-state index contributed by atoms with van der Waals surface area (Å²) in [5.41, 5.74) is 0.159. The summed E-state index contributed by atoms with van der Waals surface area (Å²) < 4.78 is 62.4. The summed E-state index contributed by atoms with van der Waals surface area (Å²) in [4.78, 5) is 10.5. The van der Waals surface area contributed by atoms with E-state index in [1.54, 1.807) is 0 Å². The Labute approximate surface area is 159 Å². The molecule has 0 bridgehead atoms. The summed E-state index contributed by atoms with van der Waals surface area (Å²) in [5, 5.41) is 8.59. The van der Waals surface area contributed by atoms with Crippen LogP contribution in [0.2, 0.25) is 10.0 Å². The number of hydrogen-bond donors (Lipinski definition) is 1. The molecule has 0 spiro atoms. The lowest BCUT2D eigenvalue weighted by Gasteiger charge is -2.05. The Bertz CT molecular complexity index is 1120. The maximum atomic E-state index is 13.1. The van der Waals surface area contributed by atoms with E-state index in [-0.39, 0.29) is 27.4 Å². The molecular formula is C13H7Cl2F3N6O2S. The predicted octanol–water partition coefficient (Wildman–Crippen LogP) is 2.70. The van der Waals surface area contributed by atoms with Gasteiger partial charge < -0.3 is 0 Å². The van der Waals surface area contributed by atoms with Gasteiger partial charge in [-0.25, -0.2) is 28.5 Å². The number of alkyl halides is 3. The lowest BCUT2D eigenvalue weighted by Crippen LogP contribution is -2.14. The standard InChI is InChI=1S/C13H7Cl2F3N6O2S/c14-8-2-1-6(3-9(8)15)10-22-11(13(16,17)18)23-24(10)12-20-4-7(5-21-12)27(19,25)26/h1-5H,(H2,19,25,26). The van der Waals surface area contributed by atoms with Crippen LogP contribution in [0.3, 0.4) is 0 Å². The van der Waals surface area contributed by atoms with E-state index in [0.717, 1.165) is 12.4 Å². The summed E-state index contributed by atoms with van der Waals surface area (Å²) in [7, 11) is -4.07. The third-order valence-corrected chi connectivity index (χ3v) is 4.78. The molecule has 0 atom stereocenters. The maximum Gasteiger partial charge on any atom is 0.453 e. The predicted molar refractivity (Wildman–Crippen MR) is 88.8 cm³/mol. The van der Waals surface area contributed by atoms with E-state index in [4.69, 9.17) is 28.3 Å². The van der Waals surface area contributed by atoms with Crippen LogP contribution >= 0.6 is 23.2 Å². The Morgan fingerprint density at radius 3 is 2.22 bits per heavy atom. The first-order valence-electron chi connectivity index (χ1n) is 6.82. The van der Waals surface area contributed by atoms with Crippen molar-refractivity contribution < 1.29 is 21.6 Å². The molecule has 0 amide bonds. The molecule has 0 radical (unpaired) electrons. The highest BCUT2D eigenvalue weighted by atomic mass is 35.5. The molecule has 1 aromatic carbocycles. The summed E-state index contributed by atoms with van der Waals surface area (Å²) in [5.74, 6) is -2.07. The largest absolute Gasteiger partial charge is 0.453 e. The van der Waals surface area contributed by atoms with Crippen molar-refractivity contribution in [2.45, 2.75) is 11.1 Å². The van der Waals surface area contributed by atoms with Crippen molar-refractivity contribution in [3.63, 3.8) is 0 Å². The minimum Gasteiger partial charge on any atom is -0.225 e. The van der Waals surface area contributed by atoms with E-state index in [1.165, 1.54) is 18.2 Å². The number of sulfonamides is 1. The topological polar surface area (TPSA) is 117 Å². The van der Waals surface area contributed by atoms with Crippen LogP contribution in [0, 0.1) is 0 Å². The van der Waals surface area contributed by atoms with E-state index in [9.17, 15) is 21.6 Å². The number of benzene rings is 1. The van der Waals surface area contributed by atoms with Crippen LogP contribution in [0.15, 0.2) is 35.5 Å². The number of halogens is 5. The van der Waals surface area contributed by atoms with Gasteiger partial charge in [-0.05, 0) is 18.2 Å². The van der Waals surface area contributed by atoms with Crippen molar-refractivity contribution in [3.8, 4) is 17.3 Å². The first kappa shape index (κ1) is 19.5. The molecule has 2 aromatic heterocycles. The van der Waals surface area contributed by atoms with Crippen LogP contribution in [0.4, 0.5) is 13.2 Å². The molecule has 14 heteroatoms. The van der Waals surface area contributed by atoms with Crippen molar-refractivity contribution in [1.29, 1.82) is 0 Å². The van der Waals surface area contributed by atoms with Crippen LogP contribution in [-0.2, 0) is 16.2 Å². The van der Waals surface area contributed by atoms with Gasteiger partial charge in [0.05, 0.1) is 22.4 Å². The first-order chi connectivity index (χ1) is 12.5. The zero-order chi connectivity index (χ0) is 20.0. The number of primary sulfonamides is 1. The molecule has 0 saturated heterocycles. The van der Waals surface area contributed by atoms with Crippen molar-refractivity contribution in [3.05, 3.63) is 46.5 Å². The van der Waals surface area contributed by atoms with Gasteiger partial charge in [0.25, 0.3) is 11.8 Å². The number of nitrogens with two attached hydrogens (primary N) is 1. The summed E-state index contributed by atoms with van der Waals surface area (Å²) in [6.45, 7) is 0. The fraction of sp³-hybridized carbons (Fsp3) is 0.0769. The third-order valence-electron chi connectivity index (χ3n) is 3.17. The molecule has 2 N–H and O–H groups in total. The summed E-state index contributed by atoms with van der Waals surface area (Å²) in [6.07, 6.45) is -3.16. The van der Waals surface area contributed by atoms with Crippen LogP contribution in [0.25, 0.3) is 17.3 Å².